The van der Waals surface area contributed by atoms with Crippen LogP contribution in [0.15, 0.2) is 0 Å². The molecule has 0 aromatic heterocycles. The molecule has 20 heavy (non-hydrogen) atoms. The van der Waals surface area contributed by atoms with Gasteiger partial charge in [-0.15, -0.1) is 0 Å². The zero-order chi connectivity index (χ0) is 15.4. The smallest absolute Gasteiger partial charge is 0.317 e. The Hall–Kier alpha value is -2.20. The van der Waals surface area contributed by atoms with Crippen molar-refractivity contribution in [1.29, 1.82) is 0 Å². The van der Waals surface area contributed by atoms with Crippen LogP contribution in [0, 0.1) is 0 Å². The van der Waals surface area contributed by atoms with Crippen LogP contribution in [0.25, 0.3) is 0 Å². The van der Waals surface area contributed by atoms with Gasteiger partial charge < -0.3 is 19.7 Å². The second-order valence-corrected chi connectivity index (χ2v) is 3.68. The maximum atomic E-state index is 10.6. The van der Waals surface area contributed by atoms with E-state index in [9.17, 15) is 19.2 Å². The molecule has 0 aliphatic heterocycles. The molecule has 0 radical (unpaired) electrons. The summed E-state index contributed by atoms with van der Waals surface area (Å²) in [6.07, 6.45) is 0. The fraction of sp³-hybridized carbons (Fsp3) is 0.600. The topological polar surface area (TPSA) is 134 Å². The molecule has 0 saturated heterocycles. The van der Waals surface area contributed by atoms with E-state index in [0.717, 1.165) is 0 Å². The van der Waals surface area contributed by atoms with E-state index >= 15 is 0 Å². The lowest BCUT2D eigenvalue weighted by Gasteiger charge is -2.24. The molecule has 0 unspecified atom stereocenters. The third kappa shape index (κ3) is 9.79. The summed E-state index contributed by atoms with van der Waals surface area (Å²) in [6.45, 7) is -0.547. The highest BCUT2D eigenvalue weighted by Crippen LogP contribution is 1.94. The van der Waals surface area contributed by atoms with Crippen LogP contribution in [0.4, 0.5) is 0 Å². The van der Waals surface area contributed by atoms with Crippen molar-refractivity contribution in [3.63, 3.8) is 0 Å². The van der Waals surface area contributed by atoms with Crippen molar-refractivity contribution < 1.29 is 38.9 Å². The first kappa shape index (κ1) is 17.8. The van der Waals surface area contributed by atoms with Crippen LogP contribution < -0.4 is 0 Å². The van der Waals surface area contributed by atoms with E-state index in [1.165, 1.54) is 9.80 Å². The molecule has 0 aromatic rings. The van der Waals surface area contributed by atoms with E-state index in [0.29, 0.717) is 0 Å². The minimum Gasteiger partial charge on any atom is -0.480 e. The number of carbonyl (C=O) groups is 4. The van der Waals surface area contributed by atoms with E-state index in [4.69, 9.17) is 10.2 Å². The van der Waals surface area contributed by atoms with Gasteiger partial charge in [0.2, 0.25) is 0 Å². The monoisotopic (exact) mass is 292 g/mol. The summed E-state index contributed by atoms with van der Waals surface area (Å²) in [5.41, 5.74) is 0. The summed E-state index contributed by atoms with van der Waals surface area (Å²) in [7, 11) is 0. The number of carbonyl (C=O) groups excluding carboxylic acids is 2. The third-order valence-electron chi connectivity index (χ3n) is 2.10. The quantitative estimate of drug-likeness (QED) is 0.290. The largest absolute Gasteiger partial charge is 0.480 e. The Morgan fingerprint density at radius 2 is 1.25 bits per heavy atom. The lowest BCUT2D eigenvalue weighted by Crippen LogP contribution is -2.41. The van der Waals surface area contributed by atoms with E-state index in [1.807, 2.05) is 0 Å². The average Bonchev–Trinajstić information content (AvgIpc) is 2.36. The summed E-state index contributed by atoms with van der Waals surface area (Å²) in [5.74, 6) is -2.32. The zero-order valence-electron chi connectivity index (χ0n) is 10.6. The first-order chi connectivity index (χ1) is 9.49. The molecule has 2 N–H and O–H groups in total. The minimum absolute atomic E-state index is 0.0863. The van der Waals surface area contributed by atoms with Crippen molar-refractivity contribution in [3.05, 3.63) is 0 Å². The van der Waals surface area contributed by atoms with Gasteiger partial charge in [0, 0.05) is 13.1 Å². The molecule has 10 heteroatoms. The van der Waals surface area contributed by atoms with Gasteiger partial charge in [-0.25, -0.2) is 4.90 Å². The predicted octanol–water partition coefficient (Wildman–Crippen LogP) is -1.98. The van der Waals surface area contributed by atoms with Crippen molar-refractivity contribution in [3.8, 4) is 0 Å². The molecule has 0 aromatic carbocycles. The predicted molar refractivity (Wildman–Crippen MR) is 62.4 cm³/mol. The molecule has 114 valence electrons. The van der Waals surface area contributed by atoms with Crippen molar-refractivity contribution in [1.82, 2.24) is 9.80 Å². The van der Waals surface area contributed by atoms with E-state index in [-0.39, 0.29) is 39.5 Å². The van der Waals surface area contributed by atoms with Crippen LogP contribution >= 0.6 is 0 Å². The molecule has 0 atom stereocenters. The summed E-state index contributed by atoms with van der Waals surface area (Å²) < 4.78 is 8.97. The molecule has 0 aliphatic carbocycles. The van der Waals surface area contributed by atoms with Gasteiger partial charge in [-0.05, 0) is 0 Å². The number of hydrogen-bond donors (Lipinski definition) is 2. The fourth-order valence-electron chi connectivity index (χ4n) is 1.32. The van der Waals surface area contributed by atoms with Gasteiger partial charge in [0.15, 0.2) is 0 Å². The maximum Gasteiger partial charge on any atom is 0.317 e. The molecule has 0 heterocycles. The van der Waals surface area contributed by atoms with Crippen LogP contribution in [0.5, 0.6) is 0 Å². The van der Waals surface area contributed by atoms with Gasteiger partial charge in [-0.2, -0.15) is 0 Å². The Labute approximate surface area is 114 Å². The number of carboxylic acids is 2. The van der Waals surface area contributed by atoms with Crippen molar-refractivity contribution in [2.45, 2.75) is 0 Å². The molecular weight excluding hydrogens is 276 g/mol. The molecule has 10 nitrogen and oxygen atoms in total. The highest BCUT2D eigenvalue weighted by Gasteiger charge is 2.15. The van der Waals surface area contributed by atoms with E-state index in [1.54, 1.807) is 0 Å². The first-order valence-corrected chi connectivity index (χ1v) is 5.48. The van der Waals surface area contributed by atoms with Crippen molar-refractivity contribution in [2.75, 3.05) is 39.6 Å². The van der Waals surface area contributed by atoms with Crippen LogP contribution in [0.2, 0.25) is 0 Å². The molecule has 0 bridgehead atoms. The van der Waals surface area contributed by atoms with Gasteiger partial charge in [-0.1, -0.05) is 0 Å². The third-order valence-corrected chi connectivity index (χ3v) is 2.10. The summed E-state index contributed by atoms with van der Waals surface area (Å²) in [6, 6.07) is 0. The zero-order valence-corrected chi connectivity index (χ0v) is 10.6. The molecule has 0 aliphatic rings. The lowest BCUT2D eigenvalue weighted by molar-refractivity contribution is -0.142. The first-order valence-electron chi connectivity index (χ1n) is 5.48. The molecule has 0 fully saturated rings. The van der Waals surface area contributed by atoms with Gasteiger partial charge in [-0.3, -0.25) is 24.1 Å². The van der Waals surface area contributed by atoms with Gasteiger partial charge in [0.05, 0.1) is 13.1 Å². The van der Waals surface area contributed by atoms with Crippen molar-refractivity contribution >= 4 is 24.9 Å². The van der Waals surface area contributed by atoms with Crippen LogP contribution in [-0.4, -0.2) is 84.5 Å². The minimum atomic E-state index is -1.16. The lowest BCUT2D eigenvalue weighted by atomic mass is 10.4. The van der Waals surface area contributed by atoms with Gasteiger partial charge >= 0.3 is 11.9 Å². The number of carboxylic acid groups (broad SMARTS) is 2. The number of hydrogen-bond acceptors (Lipinski definition) is 8. The second kappa shape index (κ2) is 10.7. The van der Waals surface area contributed by atoms with Crippen LogP contribution in [-0.2, 0) is 28.7 Å². The molecule has 0 amide bonds. The maximum absolute atomic E-state index is 10.6. The van der Waals surface area contributed by atoms with Crippen molar-refractivity contribution in [2.24, 2.45) is 0 Å². The molecular formula is C10H16N2O8. The summed E-state index contributed by atoms with van der Waals surface area (Å²) in [4.78, 5) is 43.9. The van der Waals surface area contributed by atoms with E-state index < -0.39 is 25.0 Å². The highest BCUT2D eigenvalue weighted by molar-refractivity contribution is 5.72. The molecule has 0 spiro atoms. The number of rotatable bonds is 13. The normalized spacial score (nSPS) is 10.3. The Balaban J connectivity index is 4.33. The number of aliphatic carboxylic acids is 2. The molecule has 0 saturated carbocycles. The molecule has 0 rings (SSSR count). The summed E-state index contributed by atoms with van der Waals surface area (Å²) >= 11 is 0. The Kier molecular flexibility index (Phi) is 9.52. The number of nitrogens with zero attached hydrogens (tertiary/aromatic N) is 2. The number of ether oxygens (including phenoxy) is 2. The van der Waals surface area contributed by atoms with Crippen LogP contribution in [0.3, 0.4) is 0 Å². The highest BCUT2D eigenvalue weighted by atomic mass is 16.6. The SMILES string of the molecule is O=COCN(CCN(CC(=O)O)CC(=O)O)COC=O. The average molecular weight is 292 g/mol. The fourth-order valence-corrected chi connectivity index (χ4v) is 1.32. The Bertz CT molecular complexity index is 307. The standard InChI is InChI=1S/C10H16N2O8/c13-7-19-5-12(6-20-8-14)2-1-11(3-9(15)16)4-10(17)18/h7-8H,1-6H2,(H,15,16)(H,17,18). The van der Waals surface area contributed by atoms with Gasteiger partial charge in [0.25, 0.3) is 12.9 Å². The summed E-state index contributed by atoms with van der Waals surface area (Å²) in [5, 5.41) is 17.3. The van der Waals surface area contributed by atoms with E-state index in [2.05, 4.69) is 9.47 Å². The van der Waals surface area contributed by atoms with Crippen LogP contribution in [0.1, 0.15) is 0 Å². The van der Waals surface area contributed by atoms with Gasteiger partial charge in [0.1, 0.15) is 13.5 Å². The Morgan fingerprint density at radius 3 is 1.60 bits per heavy atom. The second-order valence-electron chi connectivity index (χ2n) is 3.68. The Morgan fingerprint density at radius 1 is 0.850 bits per heavy atom.